The van der Waals surface area contributed by atoms with Crippen LogP contribution < -0.4 is 10.9 Å². The van der Waals surface area contributed by atoms with Crippen LogP contribution in [0.4, 0.5) is 37.7 Å². The summed E-state index contributed by atoms with van der Waals surface area (Å²) in [4.78, 5) is 36.5. The molecule has 0 bridgehead atoms. The molecule has 0 saturated carbocycles. The molecule has 2 heterocycles. The van der Waals surface area contributed by atoms with Gasteiger partial charge in [0.25, 0.3) is 11.5 Å². The van der Waals surface area contributed by atoms with Gasteiger partial charge in [-0.15, -0.1) is 0 Å². The number of anilines is 1. The minimum absolute atomic E-state index is 0.0626. The molecule has 15 heteroatoms. The Morgan fingerprint density at radius 2 is 1.82 bits per heavy atom. The predicted octanol–water partition coefficient (Wildman–Crippen LogP) is 5.18. The van der Waals surface area contributed by atoms with Crippen molar-refractivity contribution in [3.8, 4) is 11.4 Å². The van der Waals surface area contributed by atoms with E-state index in [2.05, 4.69) is 25.4 Å². The lowest BCUT2D eigenvalue weighted by atomic mass is 10.1. The lowest BCUT2D eigenvalue weighted by molar-refractivity contribution is -0.138. The molecule has 1 unspecified atom stereocenters. The fraction of sp³-hybridized carbons (Fsp3) is 0.360. The number of hydrogen-bond acceptors (Lipinski definition) is 7. The Labute approximate surface area is 224 Å². The number of benzene rings is 1. The Kier molecular flexibility index (Phi) is 9.27. The molecule has 40 heavy (non-hydrogen) atoms. The second kappa shape index (κ2) is 12.3. The fourth-order valence-electron chi connectivity index (χ4n) is 3.64. The Bertz CT molecular complexity index is 1420. The molecule has 3 rings (SSSR count). The largest absolute Gasteiger partial charge is 0.423 e. The number of aromatic amines is 1. The van der Waals surface area contributed by atoms with Gasteiger partial charge in [-0.05, 0) is 31.9 Å². The van der Waals surface area contributed by atoms with E-state index in [4.69, 9.17) is 0 Å². The maximum Gasteiger partial charge on any atom is 0.423 e. The van der Waals surface area contributed by atoms with Crippen LogP contribution in [0.1, 0.15) is 48.2 Å². The van der Waals surface area contributed by atoms with Gasteiger partial charge in [-0.25, -0.2) is 33.2 Å². The zero-order valence-electron chi connectivity index (χ0n) is 21.6. The van der Waals surface area contributed by atoms with Crippen molar-refractivity contribution in [2.45, 2.75) is 44.8 Å². The molecule has 214 valence electrons. The Morgan fingerprint density at radius 3 is 2.42 bits per heavy atom. The highest BCUT2D eigenvalue weighted by Gasteiger charge is 2.37. The fourth-order valence-corrected chi connectivity index (χ4v) is 3.64. The lowest BCUT2D eigenvalue weighted by Crippen LogP contribution is -2.27. The summed E-state index contributed by atoms with van der Waals surface area (Å²) in [5.41, 5.74) is -3.68. The van der Waals surface area contributed by atoms with Gasteiger partial charge in [0, 0.05) is 44.5 Å². The van der Waals surface area contributed by atoms with Crippen LogP contribution in [0.25, 0.3) is 11.4 Å². The van der Waals surface area contributed by atoms with Gasteiger partial charge in [0.2, 0.25) is 0 Å². The van der Waals surface area contributed by atoms with Gasteiger partial charge in [-0.2, -0.15) is 18.3 Å². The summed E-state index contributed by atoms with van der Waals surface area (Å²) in [6, 6.07) is 1.73. The highest BCUT2D eigenvalue weighted by Crippen LogP contribution is 2.32. The third-order valence-corrected chi connectivity index (χ3v) is 5.73. The molecule has 1 atom stereocenters. The summed E-state index contributed by atoms with van der Waals surface area (Å²) in [6.07, 6.45) is 0.545. The number of H-pyrrole nitrogens is 1. The Hall–Kier alpha value is -4.30. The number of aromatic nitrogens is 4. The van der Waals surface area contributed by atoms with Crippen molar-refractivity contribution in [3.05, 3.63) is 63.6 Å². The van der Waals surface area contributed by atoms with Crippen molar-refractivity contribution in [1.82, 2.24) is 25.1 Å². The topological polar surface area (TPSA) is 116 Å². The predicted molar refractivity (Wildman–Crippen MR) is 135 cm³/mol. The summed E-state index contributed by atoms with van der Waals surface area (Å²) in [5.74, 6) is -4.18. The first kappa shape index (κ1) is 30.2. The van der Waals surface area contributed by atoms with Crippen molar-refractivity contribution < 1.29 is 31.1 Å². The van der Waals surface area contributed by atoms with Crippen LogP contribution in [0.2, 0.25) is 0 Å². The maximum absolute atomic E-state index is 14.6. The van der Waals surface area contributed by atoms with Gasteiger partial charge in [0.05, 0.1) is 35.0 Å². The van der Waals surface area contributed by atoms with Crippen LogP contribution >= 0.6 is 0 Å². The van der Waals surface area contributed by atoms with E-state index in [1.165, 1.54) is 12.4 Å². The van der Waals surface area contributed by atoms with Crippen LogP contribution in [0, 0.1) is 5.82 Å². The molecule has 0 aliphatic carbocycles. The van der Waals surface area contributed by atoms with Gasteiger partial charge in [0.15, 0.2) is 12.1 Å². The number of halogens is 6. The summed E-state index contributed by atoms with van der Waals surface area (Å²) < 4.78 is 81.1. The first-order valence-corrected chi connectivity index (χ1v) is 11.9. The maximum atomic E-state index is 14.6. The Morgan fingerprint density at radius 1 is 1.15 bits per heavy atom. The summed E-state index contributed by atoms with van der Waals surface area (Å²) in [5, 5.41) is 7.85. The highest BCUT2D eigenvalue weighted by atomic mass is 19.4. The van der Waals surface area contributed by atoms with Crippen molar-refractivity contribution in [1.29, 1.82) is 0 Å². The molecular formula is C25H25F6N7O2. The smallest absolute Gasteiger partial charge is 0.381 e. The molecule has 2 aromatic heterocycles. The van der Waals surface area contributed by atoms with E-state index in [1.807, 2.05) is 0 Å². The minimum Gasteiger partial charge on any atom is -0.381 e. The van der Waals surface area contributed by atoms with Gasteiger partial charge < -0.3 is 10.2 Å². The molecule has 0 spiro atoms. The van der Waals surface area contributed by atoms with E-state index >= 15 is 0 Å². The standard InChI is InChI=1S/C25H25F6N7O2/c1-14(36-20-11-35-37-23(40)21(20)25(29,30)31)5-4-6-38(3)13-34-19-8-17(18(26)7-15(19)12-39)22-32-9-16(10-33-22)24(2,27)28/h7-14H,4-6H2,1-3H3,(H2,36,37,40). The van der Waals surface area contributed by atoms with E-state index in [1.54, 1.807) is 24.0 Å². The van der Waals surface area contributed by atoms with E-state index in [0.29, 0.717) is 32.6 Å². The van der Waals surface area contributed by atoms with E-state index < -0.39 is 46.3 Å². The van der Waals surface area contributed by atoms with Crippen molar-refractivity contribution >= 4 is 24.0 Å². The van der Waals surface area contributed by atoms with Crippen molar-refractivity contribution in [2.75, 3.05) is 18.9 Å². The first-order valence-electron chi connectivity index (χ1n) is 11.9. The summed E-state index contributed by atoms with van der Waals surface area (Å²) >= 11 is 0. The number of carbonyl (C=O) groups excluding carboxylic acids is 1. The number of nitrogens with one attached hydrogen (secondary N) is 2. The zero-order chi connectivity index (χ0) is 29.7. The van der Waals surface area contributed by atoms with Crippen LogP contribution in [0.5, 0.6) is 0 Å². The molecule has 0 aliphatic rings. The molecule has 0 amide bonds. The number of hydrogen-bond donors (Lipinski definition) is 2. The number of carbonyl (C=O) groups is 1. The number of aliphatic imine (C=N–C) groups is 1. The Balaban J connectivity index is 1.65. The summed E-state index contributed by atoms with van der Waals surface area (Å²) in [7, 11) is 1.67. The first-order chi connectivity index (χ1) is 18.7. The van der Waals surface area contributed by atoms with Gasteiger partial charge in [0.1, 0.15) is 11.4 Å². The monoisotopic (exact) mass is 569 g/mol. The van der Waals surface area contributed by atoms with Crippen LogP contribution in [0.3, 0.4) is 0 Å². The minimum atomic E-state index is -4.85. The number of nitrogens with zero attached hydrogens (tertiary/aromatic N) is 5. The normalized spacial score (nSPS) is 12.9. The lowest BCUT2D eigenvalue weighted by Gasteiger charge is -2.19. The van der Waals surface area contributed by atoms with Gasteiger partial charge >= 0.3 is 6.18 Å². The third kappa shape index (κ3) is 7.64. The van der Waals surface area contributed by atoms with E-state index in [0.717, 1.165) is 24.7 Å². The number of aldehydes is 1. The quantitative estimate of drug-likeness (QED) is 0.141. The molecule has 3 aromatic rings. The molecule has 9 nitrogen and oxygen atoms in total. The average molecular weight is 570 g/mol. The second-order valence-electron chi connectivity index (χ2n) is 9.09. The van der Waals surface area contributed by atoms with Crippen LogP contribution in [-0.4, -0.2) is 57.3 Å². The number of alkyl halides is 5. The van der Waals surface area contributed by atoms with Crippen LogP contribution in [-0.2, 0) is 12.1 Å². The second-order valence-corrected chi connectivity index (χ2v) is 9.09. The third-order valence-electron chi connectivity index (χ3n) is 5.73. The van der Waals surface area contributed by atoms with E-state index in [-0.39, 0.29) is 22.6 Å². The molecule has 0 aliphatic heterocycles. The average Bonchev–Trinajstić information content (AvgIpc) is 2.86. The molecule has 0 saturated heterocycles. The molecule has 0 radical (unpaired) electrons. The van der Waals surface area contributed by atoms with E-state index in [9.17, 15) is 35.9 Å². The SMILES string of the molecule is CC(CCCN(C)C=Nc1cc(-c2ncc(C(C)(F)F)cn2)c(F)cc1C=O)Nc1cn[nH]c(=O)c1C(F)(F)F. The summed E-state index contributed by atoms with van der Waals surface area (Å²) in [6.45, 7) is 2.75. The van der Waals surface area contributed by atoms with Crippen molar-refractivity contribution in [2.24, 2.45) is 4.99 Å². The molecular weight excluding hydrogens is 544 g/mol. The van der Waals surface area contributed by atoms with Gasteiger partial charge in [-0.3, -0.25) is 9.59 Å². The van der Waals surface area contributed by atoms with Gasteiger partial charge in [-0.1, -0.05) is 0 Å². The molecule has 0 fully saturated rings. The zero-order valence-corrected chi connectivity index (χ0v) is 21.6. The highest BCUT2D eigenvalue weighted by molar-refractivity contribution is 5.86. The van der Waals surface area contributed by atoms with Crippen LogP contribution in [0.15, 0.2) is 40.5 Å². The number of rotatable bonds is 11. The molecule has 2 N–H and O–H groups in total. The van der Waals surface area contributed by atoms with Crippen molar-refractivity contribution in [3.63, 3.8) is 0 Å². The molecule has 1 aromatic carbocycles.